The van der Waals surface area contributed by atoms with Crippen LogP contribution in [-0.4, -0.2) is 37.6 Å². The molecule has 0 aliphatic heterocycles. The number of benzene rings is 2. The summed E-state index contributed by atoms with van der Waals surface area (Å²) in [4.78, 5) is 14.6. The zero-order chi connectivity index (χ0) is 18.2. The number of nitrogens with zero attached hydrogens (tertiary/aromatic N) is 1. The molecular formula is C20H25BrN2O2. The van der Waals surface area contributed by atoms with Crippen molar-refractivity contribution in [2.24, 2.45) is 0 Å². The molecule has 0 radical (unpaired) electrons. The summed E-state index contributed by atoms with van der Waals surface area (Å²) < 4.78 is 6.22. The second kappa shape index (κ2) is 9.70. The molecule has 0 unspecified atom stereocenters. The highest BCUT2D eigenvalue weighted by Gasteiger charge is 2.13. The predicted molar refractivity (Wildman–Crippen MR) is 106 cm³/mol. The van der Waals surface area contributed by atoms with Crippen molar-refractivity contribution in [3.63, 3.8) is 0 Å². The van der Waals surface area contributed by atoms with Crippen LogP contribution in [0.1, 0.15) is 16.7 Å². The predicted octanol–water partition coefficient (Wildman–Crippen LogP) is 4.15. The van der Waals surface area contributed by atoms with Gasteiger partial charge in [0.25, 0.3) is 0 Å². The van der Waals surface area contributed by atoms with E-state index < -0.39 is 0 Å². The summed E-state index contributed by atoms with van der Waals surface area (Å²) in [6, 6.07) is 14.1. The van der Waals surface area contributed by atoms with Crippen LogP contribution < -0.4 is 5.32 Å². The number of nitrogens with one attached hydrogen (secondary N) is 1. The standard InChI is InChI=1S/C20H25BrN2O2/c1-15-6-4-9-19(16(15)2)22-20(24)14-23(10-11-25-3)13-17-7-5-8-18(21)12-17/h4-9,12H,10-11,13-14H2,1-3H3,(H,22,24). The minimum atomic E-state index is -0.0141. The normalized spacial score (nSPS) is 10.9. The number of amides is 1. The van der Waals surface area contributed by atoms with E-state index in [4.69, 9.17) is 4.74 Å². The van der Waals surface area contributed by atoms with Gasteiger partial charge in [0.05, 0.1) is 13.2 Å². The van der Waals surface area contributed by atoms with Crippen LogP contribution in [0.2, 0.25) is 0 Å². The number of anilines is 1. The third kappa shape index (κ3) is 6.27. The molecular weight excluding hydrogens is 380 g/mol. The second-order valence-corrected chi connectivity index (χ2v) is 7.04. The first-order chi connectivity index (χ1) is 12.0. The highest BCUT2D eigenvalue weighted by Crippen LogP contribution is 2.18. The van der Waals surface area contributed by atoms with Crippen molar-refractivity contribution in [1.82, 2.24) is 4.90 Å². The molecule has 0 saturated heterocycles. The van der Waals surface area contributed by atoms with Gasteiger partial charge in [-0.2, -0.15) is 0 Å². The smallest absolute Gasteiger partial charge is 0.238 e. The van der Waals surface area contributed by atoms with Crippen LogP contribution in [0, 0.1) is 13.8 Å². The molecule has 25 heavy (non-hydrogen) atoms. The topological polar surface area (TPSA) is 41.6 Å². The van der Waals surface area contributed by atoms with Crippen LogP contribution in [0.15, 0.2) is 46.9 Å². The highest BCUT2D eigenvalue weighted by atomic mass is 79.9. The summed E-state index contributed by atoms with van der Waals surface area (Å²) >= 11 is 3.49. The monoisotopic (exact) mass is 404 g/mol. The largest absolute Gasteiger partial charge is 0.383 e. The van der Waals surface area contributed by atoms with Crippen molar-refractivity contribution in [2.75, 3.05) is 32.1 Å². The molecule has 5 heteroatoms. The van der Waals surface area contributed by atoms with Crippen LogP contribution in [-0.2, 0) is 16.1 Å². The van der Waals surface area contributed by atoms with Gasteiger partial charge in [0.2, 0.25) is 5.91 Å². The molecule has 134 valence electrons. The van der Waals surface area contributed by atoms with E-state index in [0.29, 0.717) is 26.2 Å². The molecule has 1 amide bonds. The molecule has 2 aromatic rings. The lowest BCUT2D eigenvalue weighted by Gasteiger charge is -2.22. The van der Waals surface area contributed by atoms with Crippen LogP contribution in [0.3, 0.4) is 0 Å². The zero-order valence-corrected chi connectivity index (χ0v) is 16.6. The summed E-state index contributed by atoms with van der Waals surface area (Å²) in [7, 11) is 1.67. The van der Waals surface area contributed by atoms with E-state index >= 15 is 0 Å². The lowest BCUT2D eigenvalue weighted by Crippen LogP contribution is -2.35. The number of ether oxygens (including phenoxy) is 1. The van der Waals surface area contributed by atoms with Crippen molar-refractivity contribution in [2.45, 2.75) is 20.4 Å². The maximum absolute atomic E-state index is 12.5. The first kappa shape index (κ1) is 19.6. The third-order valence-corrected chi connectivity index (χ3v) is 4.65. The third-order valence-electron chi connectivity index (χ3n) is 4.15. The molecule has 2 rings (SSSR count). The van der Waals surface area contributed by atoms with Crippen LogP contribution in [0.25, 0.3) is 0 Å². The van der Waals surface area contributed by atoms with Gasteiger partial charge >= 0.3 is 0 Å². The van der Waals surface area contributed by atoms with E-state index in [0.717, 1.165) is 21.3 Å². The van der Waals surface area contributed by atoms with Crippen LogP contribution in [0.5, 0.6) is 0 Å². The van der Waals surface area contributed by atoms with E-state index in [9.17, 15) is 4.79 Å². The Morgan fingerprint density at radius 1 is 1.20 bits per heavy atom. The Hall–Kier alpha value is -1.69. The van der Waals surface area contributed by atoms with Gasteiger partial charge in [-0.3, -0.25) is 9.69 Å². The van der Waals surface area contributed by atoms with Gasteiger partial charge in [-0.05, 0) is 48.7 Å². The van der Waals surface area contributed by atoms with Crippen molar-refractivity contribution in [3.05, 3.63) is 63.6 Å². The van der Waals surface area contributed by atoms with E-state index in [1.54, 1.807) is 7.11 Å². The number of carbonyl (C=O) groups excluding carboxylic acids is 1. The zero-order valence-electron chi connectivity index (χ0n) is 15.0. The molecule has 4 nitrogen and oxygen atoms in total. The molecule has 2 aromatic carbocycles. The fourth-order valence-corrected chi connectivity index (χ4v) is 3.05. The van der Waals surface area contributed by atoms with Gasteiger partial charge in [0.15, 0.2) is 0 Å². The maximum Gasteiger partial charge on any atom is 0.238 e. The molecule has 0 spiro atoms. The van der Waals surface area contributed by atoms with Gasteiger partial charge in [-0.15, -0.1) is 0 Å². The SMILES string of the molecule is COCCN(CC(=O)Nc1cccc(C)c1C)Cc1cccc(Br)c1. The average Bonchev–Trinajstić information content (AvgIpc) is 2.57. The summed E-state index contributed by atoms with van der Waals surface area (Å²) in [5.74, 6) is -0.0141. The average molecular weight is 405 g/mol. The summed E-state index contributed by atoms with van der Waals surface area (Å²) in [5, 5.41) is 3.02. The minimum Gasteiger partial charge on any atom is -0.383 e. The van der Waals surface area contributed by atoms with Crippen molar-refractivity contribution in [1.29, 1.82) is 0 Å². The maximum atomic E-state index is 12.5. The molecule has 0 aliphatic rings. The fraction of sp³-hybridized carbons (Fsp3) is 0.350. The van der Waals surface area contributed by atoms with Gasteiger partial charge in [0.1, 0.15) is 0 Å². The quantitative estimate of drug-likeness (QED) is 0.718. The Kier molecular flexibility index (Phi) is 7.62. The molecule has 0 aliphatic carbocycles. The highest BCUT2D eigenvalue weighted by molar-refractivity contribution is 9.10. The van der Waals surface area contributed by atoms with Crippen LogP contribution >= 0.6 is 15.9 Å². The summed E-state index contributed by atoms with van der Waals surface area (Å²) in [6.45, 7) is 6.37. The molecule has 0 aromatic heterocycles. The van der Waals surface area contributed by atoms with E-state index in [1.807, 2.05) is 44.2 Å². The molecule has 0 atom stereocenters. The number of carbonyl (C=O) groups is 1. The number of methoxy groups -OCH3 is 1. The van der Waals surface area contributed by atoms with Crippen molar-refractivity contribution < 1.29 is 9.53 Å². The van der Waals surface area contributed by atoms with Gasteiger partial charge < -0.3 is 10.1 Å². The van der Waals surface area contributed by atoms with Crippen LogP contribution in [0.4, 0.5) is 5.69 Å². The Balaban J connectivity index is 2.02. The van der Waals surface area contributed by atoms with E-state index in [1.165, 1.54) is 5.56 Å². The number of hydrogen-bond acceptors (Lipinski definition) is 3. The number of aryl methyl sites for hydroxylation is 1. The second-order valence-electron chi connectivity index (χ2n) is 6.13. The minimum absolute atomic E-state index is 0.0141. The first-order valence-electron chi connectivity index (χ1n) is 8.31. The van der Waals surface area contributed by atoms with Gasteiger partial charge in [0, 0.05) is 30.4 Å². The molecule has 0 saturated carbocycles. The number of hydrogen-bond donors (Lipinski definition) is 1. The first-order valence-corrected chi connectivity index (χ1v) is 9.10. The number of halogens is 1. The Labute approximate surface area is 158 Å². The Bertz CT molecular complexity index is 719. The van der Waals surface area contributed by atoms with Gasteiger partial charge in [-0.25, -0.2) is 0 Å². The fourth-order valence-electron chi connectivity index (χ4n) is 2.61. The molecule has 1 N–H and O–H groups in total. The van der Waals surface area contributed by atoms with E-state index in [-0.39, 0.29) is 5.91 Å². The lowest BCUT2D eigenvalue weighted by molar-refractivity contribution is -0.117. The molecule has 0 bridgehead atoms. The Morgan fingerprint density at radius 2 is 1.96 bits per heavy atom. The number of rotatable bonds is 8. The molecule has 0 heterocycles. The lowest BCUT2D eigenvalue weighted by atomic mass is 10.1. The summed E-state index contributed by atoms with van der Waals surface area (Å²) in [6.07, 6.45) is 0. The van der Waals surface area contributed by atoms with Gasteiger partial charge in [-0.1, -0.05) is 40.2 Å². The van der Waals surface area contributed by atoms with E-state index in [2.05, 4.69) is 38.3 Å². The molecule has 0 fully saturated rings. The summed E-state index contributed by atoms with van der Waals surface area (Å²) in [5.41, 5.74) is 4.30. The Morgan fingerprint density at radius 3 is 2.68 bits per heavy atom. The van der Waals surface area contributed by atoms with Crippen molar-refractivity contribution >= 4 is 27.5 Å². The van der Waals surface area contributed by atoms with Crippen molar-refractivity contribution in [3.8, 4) is 0 Å².